The van der Waals surface area contributed by atoms with Crippen molar-refractivity contribution >= 4 is 5.97 Å². The normalized spacial score (nSPS) is 10.9. The van der Waals surface area contributed by atoms with Gasteiger partial charge in [0.2, 0.25) is 5.82 Å². The van der Waals surface area contributed by atoms with Gasteiger partial charge in [0, 0.05) is 36.8 Å². The maximum Gasteiger partial charge on any atom is 0.373 e. The number of nitrogens with zero attached hydrogens (tertiary/aromatic N) is 4. The minimum atomic E-state index is -1.13. The minimum absolute atomic E-state index is 0.200. The first-order chi connectivity index (χ1) is 8.49. The standard InChI is InChI=1S/C12H14N4O2/c1-7(2)10-9(6-16(3)15-10)8-4-13-11(12(17)18)14-5-8/h4-7H,1-3H3,(H,17,18). The molecule has 0 saturated carbocycles. The van der Waals surface area contributed by atoms with Crippen LogP contribution in [0.4, 0.5) is 0 Å². The van der Waals surface area contributed by atoms with Crippen LogP contribution in [0.25, 0.3) is 11.1 Å². The molecule has 2 aromatic rings. The van der Waals surface area contributed by atoms with Gasteiger partial charge in [0.15, 0.2) is 0 Å². The Morgan fingerprint density at radius 2 is 1.94 bits per heavy atom. The van der Waals surface area contributed by atoms with Gasteiger partial charge in [-0.3, -0.25) is 4.68 Å². The van der Waals surface area contributed by atoms with E-state index in [1.807, 2.05) is 13.2 Å². The van der Waals surface area contributed by atoms with Crippen LogP contribution in [0.5, 0.6) is 0 Å². The maximum atomic E-state index is 10.7. The average molecular weight is 246 g/mol. The van der Waals surface area contributed by atoms with Gasteiger partial charge in [-0.15, -0.1) is 0 Å². The van der Waals surface area contributed by atoms with Crippen LogP contribution in [-0.4, -0.2) is 30.8 Å². The van der Waals surface area contributed by atoms with Crippen LogP contribution in [0.1, 0.15) is 36.1 Å². The molecule has 0 saturated heterocycles. The van der Waals surface area contributed by atoms with Crippen LogP contribution in [0.15, 0.2) is 18.6 Å². The predicted octanol–water partition coefficient (Wildman–Crippen LogP) is 1.70. The fourth-order valence-corrected chi connectivity index (χ4v) is 1.73. The Balaban J connectivity index is 2.45. The summed E-state index contributed by atoms with van der Waals surface area (Å²) in [6, 6.07) is 0. The van der Waals surface area contributed by atoms with E-state index in [1.165, 1.54) is 12.4 Å². The van der Waals surface area contributed by atoms with Crippen molar-refractivity contribution in [2.75, 3.05) is 0 Å². The minimum Gasteiger partial charge on any atom is -0.475 e. The number of aromatic carboxylic acids is 1. The molecule has 0 atom stereocenters. The Bertz CT molecular complexity index is 572. The van der Waals surface area contributed by atoms with Gasteiger partial charge in [-0.25, -0.2) is 14.8 Å². The van der Waals surface area contributed by atoms with Crippen LogP contribution in [0.3, 0.4) is 0 Å². The van der Waals surface area contributed by atoms with Gasteiger partial charge in [0.25, 0.3) is 0 Å². The van der Waals surface area contributed by atoms with E-state index in [1.54, 1.807) is 4.68 Å². The summed E-state index contributed by atoms with van der Waals surface area (Å²) in [5.74, 6) is -1.05. The molecule has 2 aromatic heterocycles. The highest BCUT2D eigenvalue weighted by Crippen LogP contribution is 2.26. The third-order valence-electron chi connectivity index (χ3n) is 2.56. The van der Waals surface area contributed by atoms with E-state index in [-0.39, 0.29) is 11.7 Å². The number of aryl methyl sites for hydroxylation is 1. The Kier molecular flexibility index (Phi) is 3.10. The summed E-state index contributed by atoms with van der Waals surface area (Å²) in [6.45, 7) is 4.11. The lowest BCUT2D eigenvalue weighted by Crippen LogP contribution is -2.03. The molecule has 2 heterocycles. The Morgan fingerprint density at radius 1 is 1.33 bits per heavy atom. The molecule has 1 N–H and O–H groups in total. The predicted molar refractivity (Wildman–Crippen MR) is 65.3 cm³/mol. The third kappa shape index (κ3) is 2.22. The quantitative estimate of drug-likeness (QED) is 0.891. The van der Waals surface area contributed by atoms with E-state index < -0.39 is 5.97 Å². The molecule has 2 rings (SSSR count). The second-order valence-corrected chi connectivity index (χ2v) is 4.36. The van der Waals surface area contributed by atoms with Crippen molar-refractivity contribution < 1.29 is 9.90 Å². The molecule has 0 aliphatic carbocycles. The zero-order valence-electron chi connectivity index (χ0n) is 10.5. The molecular formula is C12H14N4O2. The zero-order chi connectivity index (χ0) is 13.3. The SMILES string of the molecule is CC(C)c1nn(C)cc1-c1cnc(C(=O)O)nc1. The summed E-state index contributed by atoms with van der Waals surface area (Å²) in [7, 11) is 1.85. The first kappa shape index (κ1) is 12.2. The second-order valence-electron chi connectivity index (χ2n) is 4.36. The highest BCUT2D eigenvalue weighted by atomic mass is 16.4. The van der Waals surface area contributed by atoms with Gasteiger partial charge >= 0.3 is 5.97 Å². The van der Waals surface area contributed by atoms with Gasteiger partial charge in [0.05, 0.1) is 5.69 Å². The Hall–Kier alpha value is -2.24. The molecule has 0 bridgehead atoms. The topological polar surface area (TPSA) is 80.9 Å². The zero-order valence-corrected chi connectivity index (χ0v) is 10.5. The van der Waals surface area contributed by atoms with Gasteiger partial charge in [-0.1, -0.05) is 13.8 Å². The molecule has 0 fully saturated rings. The molecular weight excluding hydrogens is 232 g/mol. The first-order valence-corrected chi connectivity index (χ1v) is 5.58. The van der Waals surface area contributed by atoms with Gasteiger partial charge in [-0.2, -0.15) is 5.10 Å². The van der Waals surface area contributed by atoms with Crippen molar-refractivity contribution in [1.29, 1.82) is 0 Å². The highest BCUT2D eigenvalue weighted by Gasteiger charge is 2.14. The van der Waals surface area contributed by atoms with E-state index in [2.05, 4.69) is 28.9 Å². The average Bonchev–Trinajstić information content (AvgIpc) is 2.71. The second kappa shape index (κ2) is 4.56. The smallest absolute Gasteiger partial charge is 0.373 e. The molecule has 6 heteroatoms. The third-order valence-corrected chi connectivity index (χ3v) is 2.56. The summed E-state index contributed by atoms with van der Waals surface area (Å²) >= 11 is 0. The molecule has 0 aromatic carbocycles. The summed E-state index contributed by atoms with van der Waals surface area (Å²) in [6.07, 6.45) is 4.91. The molecule has 6 nitrogen and oxygen atoms in total. The van der Waals surface area contributed by atoms with Gasteiger partial charge in [0.1, 0.15) is 0 Å². The van der Waals surface area contributed by atoms with Crippen molar-refractivity contribution in [2.24, 2.45) is 7.05 Å². The molecule has 0 radical (unpaired) electrons. The molecule has 0 spiro atoms. The van der Waals surface area contributed by atoms with Crippen LogP contribution in [-0.2, 0) is 7.05 Å². The lowest BCUT2D eigenvalue weighted by molar-refractivity contribution is 0.0683. The molecule has 0 unspecified atom stereocenters. The van der Waals surface area contributed by atoms with E-state index in [9.17, 15) is 4.79 Å². The highest BCUT2D eigenvalue weighted by molar-refractivity contribution is 5.83. The Morgan fingerprint density at radius 3 is 2.44 bits per heavy atom. The fourth-order valence-electron chi connectivity index (χ4n) is 1.73. The largest absolute Gasteiger partial charge is 0.475 e. The summed E-state index contributed by atoms with van der Waals surface area (Å²) in [4.78, 5) is 18.3. The van der Waals surface area contributed by atoms with Crippen molar-refractivity contribution in [2.45, 2.75) is 19.8 Å². The number of rotatable bonds is 3. The number of carboxylic acids is 1. The molecule has 0 amide bonds. The molecule has 0 aliphatic heterocycles. The number of carbonyl (C=O) groups is 1. The van der Waals surface area contributed by atoms with Crippen molar-refractivity contribution in [3.63, 3.8) is 0 Å². The first-order valence-electron chi connectivity index (χ1n) is 5.58. The molecule has 18 heavy (non-hydrogen) atoms. The monoisotopic (exact) mass is 246 g/mol. The molecule has 94 valence electrons. The van der Waals surface area contributed by atoms with E-state index in [0.29, 0.717) is 0 Å². The lowest BCUT2D eigenvalue weighted by atomic mass is 10.0. The summed E-state index contributed by atoms with van der Waals surface area (Å²) in [5.41, 5.74) is 2.66. The Labute approximate surface area is 104 Å². The van der Waals surface area contributed by atoms with Crippen molar-refractivity contribution in [3.05, 3.63) is 30.1 Å². The molecule has 0 aliphatic rings. The fraction of sp³-hybridized carbons (Fsp3) is 0.333. The van der Waals surface area contributed by atoms with Crippen LogP contribution < -0.4 is 0 Å². The van der Waals surface area contributed by atoms with Crippen molar-refractivity contribution in [3.8, 4) is 11.1 Å². The number of hydrogen-bond acceptors (Lipinski definition) is 4. The lowest BCUT2D eigenvalue weighted by Gasteiger charge is -2.04. The van der Waals surface area contributed by atoms with E-state index in [4.69, 9.17) is 5.11 Å². The van der Waals surface area contributed by atoms with E-state index >= 15 is 0 Å². The number of aromatic nitrogens is 4. The van der Waals surface area contributed by atoms with Crippen molar-refractivity contribution in [1.82, 2.24) is 19.7 Å². The number of carboxylic acid groups (broad SMARTS) is 1. The van der Waals surface area contributed by atoms with Gasteiger partial charge < -0.3 is 5.11 Å². The van der Waals surface area contributed by atoms with Crippen LogP contribution >= 0.6 is 0 Å². The number of hydrogen-bond donors (Lipinski definition) is 1. The maximum absolute atomic E-state index is 10.7. The summed E-state index contributed by atoms with van der Waals surface area (Å²) < 4.78 is 1.73. The van der Waals surface area contributed by atoms with Crippen LogP contribution in [0.2, 0.25) is 0 Å². The van der Waals surface area contributed by atoms with Crippen LogP contribution in [0, 0.1) is 0 Å². The van der Waals surface area contributed by atoms with E-state index in [0.717, 1.165) is 16.8 Å². The summed E-state index contributed by atoms with van der Waals surface area (Å²) in [5, 5.41) is 13.1. The van der Waals surface area contributed by atoms with Gasteiger partial charge in [-0.05, 0) is 5.92 Å².